The van der Waals surface area contributed by atoms with Gasteiger partial charge in [-0.1, -0.05) is 29.8 Å². The first-order chi connectivity index (χ1) is 11.5. The van der Waals surface area contributed by atoms with Crippen molar-refractivity contribution in [3.8, 4) is 0 Å². The van der Waals surface area contributed by atoms with E-state index < -0.39 is 0 Å². The molecule has 2 rings (SSSR count). The molecule has 0 saturated heterocycles. The molecule has 1 aromatic carbocycles. The monoisotopic (exact) mass is 327 g/mol. The molecule has 0 bridgehead atoms. The number of rotatable bonds is 8. The lowest BCUT2D eigenvalue weighted by Crippen LogP contribution is -2.17. The topological polar surface area (TPSA) is 70.2 Å². The van der Waals surface area contributed by atoms with Crippen LogP contribution in [0.1, 0.15) is 17.5 Å². The number of amides is 1. The highest BCUT2D eigenvalue weighted by molar-refractivity contribution is 5.91. The van der Waals surface area contributed by atoms with Gasteiger partial charge >= 0.3 is 0 Å². The molecule has 0 saturated carbocycles. The van der Waals surface area contributed by atoms with Crippen LogP contribution in [-0.2, 0) is 11.2 Å². The van der Waals surface area contributed by atoms with Crippen molar-refractivity contribution in [1.29, 1.82) is 0 Å². The maximum atomic E-state index is 12.0. The SMILES string of the molecule is Cc1ccc(CC(=O)Nc2ccc(NCCCN(C)C)nn2)cc1. The second kappa shape index (κ2) is 8.98. The van der Waals surface area contributed by atoms with Crippen LogP contribution in [0, 0.1) is 6.92 Å². The van der Waals surface area contributed by atoms with Crippen LogP contribution in [0.4, 0.5) is 11.6 Å². The summed E-state index contributed by atoms with van der Waals surface area (Å²) in [6, 6.07) is 11.5. The van der Waals surface area contributed by atoms with E-state index in [0.29, 0.717) is 18.1 Å². The van der Waals surface area contributed by atoms with Gasteiger partial charge in [0.2, 0.25) is 5.91 Å². The first kappa shape index (κ1) is 17.9. The molecule has 1 aromatic heterocycles. The van der Waals surface area contributed by atoms with Gasteiger partial charge in [-0.15, -0.1) is 10.2 Å². The minimum absolute atomic E-state index is 0.0974. The fourth-order valence-electron chi connectivity index (χ4n) is 2.18. The van der Waals surface area contributed by atoms with E-state index in [1.165, 1.54) is 5.56 Å². The quantitative estimate of drug-likeness (QED) is 0.728. The molecule has 1 amide bonds. The lowest BCUT2D eigenvalue weighted by atomic mass is 10.1. The predicted molar refractivity (Wildman–Crippen MR) is 97.2 cm³/mol. The predicted octanol–water partition coefficient (Wildman–Crippen LogP) is 2.33. The Hall–Kier alpha value is -2.47. The minimum atomic E-state index is -0.0974. The van der Waals surface area contributed by atoms with Crippen molar-refractivity contribution in [1.82, 2.24) is 15.1 Å². The molecular formula is C18H25N5O. The number of carbonyl (C=O) groups excluding carboxylic acids is 1. The van der Waals surface area contributed by atoms with Gasteiger partial charge in [-0.2, -0.15) is 0 Å². The summed E-state index contributed by atoms with van der Waals surface area (Å²) in [5.74, 6) is 1.08. The van der Waals surface area contributed by atoms with Crippen LogP contribution >= 0.6 is 0 Å². The number of hydrogen-bond acceptors (Lipinski definition) is 5. The van der Waals surface area contributed by atoms with Gasteiger partial charge < -0.3 is 15.5 Å². The van der Waals surface area contributed by atoms with Crippen LogP contribution in [0.15, 0.2) is 36.4 Å². The van der Waals surface area contributed by atoms with E-state index in [4.69, 9.17) is 0 Å². The minimum Gasteiger partial charge on any atom is -0.369 e. The van der Waals surface area contributed by atoms with Crippen LogP contribution in [0.3, 0.4) is 0 Å². The van der Waals surface area contributed by atoms with Crippen molar-refractivity contribution in [3.05, 3.63) is 47.5 Å². The highest BCUT2D eigenvalue weighted by Gasteiger charge is 2.05. The number of nitrogens with one attached hydrogen (secondary N) is 2. The number of aromatic nitrogens is 2. The van der Waals surface area contributed by atoms with E-state index in [9.17, 15) is 4.79 Å². The third-order valence-corrected chi connectivity index (χ3v) is 3.51. The largest absolute Gasteiger partial charge is 0.369 e. The zero-order valence-electron chi connectivity index (χ0n) is 14.5. The van der Waals surface area contributed by atoms with Crippen molar-refractivity contribution in [2.45, 2.75) is 19.8 Å². The molecule has 0 aliphatic heterocycles. The van der Waals surface area contributed by atoms with Crippen molar-refractivity contribution < 1.29 is 4.79 Å². The van der Waals surface area contributed by atoms with Crippen molar-refractivity contribution in [2.75, 3.05) is 37.8 Å². The van der Waals surface area contributed by atoms with E-state index >= 15 is 0 Å². The molecule has 2 N–H and O–H groups in total. The Morgan fingerprint density at radius 2 is 1.71 bits per heavy atom. The number of anilines is 2. The molecule has 0 fully saturated rings. The average Bonchev–Trinajstić information content (AvgIpc) is 2.55. The van der Waals surface area contributed by atoms with Crippen LogP contribution < -0.4 is 10.6 Å². The average molecular weight is 327 g/mol. The Morgan fingerprint density at radius 3 is 2.33 bits per heavy atom. The van der Waals surface area contributed by atoms with E-state index in [0.717, 1.165) is 25.1 Å². The van der Waals surface area contributed by atoms with Crippen molar-refractivity contribution in [3.63, 3.8) is 0 Å². The molecule has 6 nitrogen and oxygen atoms in total. The van der Waals surface area contributed by atoms with Gasteiger partial charge in [-0.3, -0.25) is 4.79 Å². The molecule has 0 aliphatic carbocycles. The fraction of sp³-hybridized carbons (Fsp3) is 0.389. The number of benzene rings is 1. The van der Waals surface area contributed by atoms with Gasteiger partial charge in [0.15, 0.2) is 5.82 Å². The molecule has 0 unspecified atom stereocenters. The van der Waals surface area contributed by atoms with Crippen LogP contribution in [-0.4, -0.2) is 48.2 Å². The van der Waals surface area contributed by atoms with E-state index in [1.54, 1.807) is 6.07 Å². The van der Waals surface area contributed by atoms with E-state index in [-0.39, 0.29) is 5.91 Å². The zero-order chi connectivity index (χ0) is 17.4. The summed E-state index contributed by atoms with van der Waals surface area (Å²) in [5, 5.41) is 14.1. The second-order valence-corrected chi connectivity index (χ2v) is 6.10. The molecule has 1 heterocycles. The van der Waals surface area contributed by atoms with E-state index in [1.807, 2.05) is 51.4 Å². The van der Waals surface area contributed by atoms with E-state index in [2.05, 4.69) is 25.7 Å². The van der Waals surface area contributed by atoms with Gasteiger partial charge in [0, 0.05) is 6.54 Å². The fourth-order valence-corrected chi connectivity index (χ4v) is 2.18. The molecule has 24 heavy (non-hydrogen) atoms. The lowest BCUT2D eigenvalue weighted by Gasteiger charge is -2.10. The third kappa shape index (κ3) is 6.34. The first-order valence-corrected chi connectivity index (χ1v) is 8.10. The Labute approximate surface area is 143 Å². The second-order valence-electron chi connectivity index (χ2n) is 6.10. The highest BCUT2D eigenvalue weighted by atomic mass is 16.1. The Balaban J connectivity index is 1.78. The van der Waals surface area contributed by atoms with Crippen LogP contribution in [0.5, 0.6) is 0 Å². The highest BCUT2D eigenvalue weighted by Crippen LogP contribution is 2.08. The summed E-state index contributed by atoms with van der Waals surface area (Å²) in [4.78, 5) is 14.2. The van der Waals surface area contributed by atoms with Gasteiger partial charge in [0.05, 0.1) is 6.42 Å². The summed E-state index contributed by atoms with van der Waals surface area (Å²) in [6.45, 7) is 3.88. The molecule has 0 spiro atoms. The summed E-state index contributed by atoms with van der Waals surface area (Å²) in [6.07, 6.45) is 1.36. The molecule has 0 aliphatic rings. The van der Waals surface area contributed by atoms with Crippen molar-refractivity contribution >= 4 is 17.5 Å². The Bertz CT molecular complexity index is 637. The number of hydrogen-bond donors (Lipinski definition) is 2. The molecule has 2 aromatic rings. The van der Waals surface area contributed by atoms with Gasteiger partial charge in [-0.25, -0.2) is 0 Å². The first-order valence-electron chi connectivity index (χ1n) is 8.10. The van der Waals surface area contributed by atoms with Crippen LogP contribution in [0.2, 0.25) is 0 Å². The summed E-state index contributed by atoms with van der Waals surface area (Å²) >= 11 is 0. The van der Waals surface area contributed by atoms with Gasteiger partial charge in [0.1, 0.15) is 5.82 Å². The number of aryl methyl sites for hydroxylation is 1. The number of carbonyl (C=O) groups is 1. The number of nitrogens with zero attached hydrogens (tertiary/aromatic N) is 3. The van der Waals surface area contributed by atoms with Gasteiger partial charge in [-0.05, 0) is 51.7 Å². The maximum Gasteiger partial charge on any atom is 0.229 e. The Morgan fingerprint density at radius 1 is 1.04 bits per heavy atom. The standard InChI is InChI=1S/C18H25N5O/c1-14-5-7-15(8-6-14)13-18(24)20-17-10-9-16(21-22-17)19-11-4-12-23(2)3/h5-10H,4,11-13H2,1-3H3,(H,19,21)(H,20,22,24). The molecular weight excluding hydrogens is 302 g/mol. The smallest absolute Gasteiger partial charge is 0.229 e. The summed E-state index contributed by atoms with van der Waals surface area (Å²) in [5.41, 5.74) is 2.16. The lowest BCUT2D eigenvalue weighted by molar-refractivity contribution is -0.115. The van der Waals surface area contributed by atoms with Crippen molar-refractivity contribution in [2.24, 2.45) is 0 Å². The summed E-state index contributed by atoms with van der Waals surface area (Å²) < 4.78 is 0. The maximum absolute atomic E-state index is 12.0. The molecule has 0 atom stereocenters. The molecule has 6 heteroatoms. The Kier molecular flexibility index (Phi) is 6.69. The van der Waals surface area contributed by atoms with Gasteiger partial charge in [0.25, 0.3) is 0 Å². The third-order valence-electron chi connectivity index (χ3n) is 3.51. The molecule has 0 radical (unpaired) electrons. The molecule has 128 valence electrons. The summed E-state index contributed by atoms with van der Waals surface area (Å²) in [7, 11) is 4.10. The zero-order valence-corrected chi connectivity index (χ0v) is 14.5. The van der Waals surface area contributed by atoms with Crippen LogP contribution in [0.25, 0.3) is 0 Å². The normalized spacial score (nSPS) is 10.7.